The molecule has 0 aliphatic rings. The molecule has 0 saturated heterocycles. The summed E-state index contributed by atoms with van der Waals surface area (Å²) < 4.78 is 0. The van der Waals surface area contributed by atoms with E-state index in [-0.39, 0.29) is 0 Å². The third-order valence-corrected chi connectivity index (χ3v) is 2.28. The zero-order valence-corrected chi connectivity index (χ0v) is 7.92. The first kappa shape index (κ1) is 9.77. The van der Waals surface area contributed by atoms with Crippen LogP contribution in [-0.2, 0) is 0 Å². The van der Waals surface area contributed by atoms with Crippen LogP contribution in [0.5, 0.6) is 0 Å². The smallest absolute Gasteiger partial charge is 0.0391 e. The van der Waals surface area contributed by atoms with Gasteiger partial charge in [-0.2, -0.15) is 0 Å². The Labute approximate surface area is 68.6 Å². The summed E-state index contributed by atoms with van der Waals surface area (Å²) in [5, 5.41) is 0.874. The summed E-state index contributed by atoms with van der Waals surface area (Å²) in [6.07, 6.45) is 3.01. The van der Waals surface area contributed by atoms with Gasteiger partial charge in [0.1, 0.15) is 0 Å². The Morgan fingerprint density at radius 2 is 1.90 bits per heavy atom. The number of hydrogen-bond acceptors (Lipinski definition) is 0. The molecule has 0 rings (SSSR count). The van der Waals surface area contributed by atoms with E-state index >= 15 is 0 Å². The Hall–Kier alpha value is -0.230. The van der Waals surface area contributed by atoms with Gasteiger partial charge >= 0.3 is 0 Å². The molecule has 0 amide bonds. The van der Waals surface area contributed by atoms with E-state index in [1.165, 1.54) is 11.1 Å². The van der Waals surface area contributed by atoms with Gasteiger partial charge in [0.05, 0.1) is 0 Å². The number of rotatable bonds is 2. The van der Waals surface area contributed by atoms with Crippen molar-refractivity contribution >= 4 is 11.6 Å². The van der Waals surface area contributed by atoms with Gasteiger partial charge in [0.25, 0.3) is 0 Å². The van der Waals surface area contributed by atoms with Gasteiger partial charge in [0.15, 0.2) is 0 Å². The first-order valence-electron chi connectivity index (χ1n) is 3.62. The van der Waals surface area contributed by atoms with Crippen molar-refractivity contribution < 1.29 is 0 Å². The highest BCUT2D eigenvalue weighted by atomic mass is 35.5. The van der Waals surface area contributed by atoms with Gasteiger partial charge in [-0.3, -0.25) is 0 Å². The van der Waals surface area contributed by atoms with Crippen LogP contribution in [0.1, 0.15) is 34.1 Å². The predicted molar refractivity (Wildman–Crippen MR) is 48.3 cm³/mol. The maximum absolute atomic E-state index is 5.89. The van der Waals surface area contributed by atoms with Crippen LogP contribution in [0.3, 0.4) is 0 Å². The molecule has 0 aromatic carbocycles. The fourth-order valence-corrected chi connectivity index (χ4v) is 0.847. The zero-order chi connectivity index (χ0) is 8.15. The molecular weight excluding hydrogens is 144 g/mol. The van der Waals surface area contributed by atoms with Crippen molar-refractivity contribution in [1.29, 1.82) is 0 Å². The Bertz CT molecular complexity index is 164. The lowest BCUT2D eigenvalue weighted by Crippen LogP contribution is -1.81. The predicted octanol–water partition coefficient (Wildman–Crippen LogP) is 3.88. The van der Waals surface area contributed by atoms with Crippen molar-refractivity contribution in [2.75, 3.05) is 0 Å². The molecule has 0 aliphatic heterocycles. The van der Waals surface area contributed by atoms with Crippen LogP contribution < -0.4 is 0 Å². The van der Waals surface area contributed by atoms with Gasteiger partial charge in [-0.15, -0.1) is 0 Å². The van der Waals surface area contributed by atoms with E-state index in [0.29, 0.717) is 0 Å². The van der Waals surface area contributed by atoms with Gasteiger partial charge in [-0.05, 0) is 32.8 Å². The molecule has 0 atom stereocenters. The third-order valence-electron chi connectivity index (χ3n) is 1.78. The molecule has 0 saturated carbocycles. The van der Waals surface area contributed by atoms with Crippen LogP contribution in [0.4, 0.5) is 0 Å². The molecule has 0 radical (unpaired) electrons. The summed E-state index contributed by atoms with van der Waals surface area (Å²) in [7, 11) is 0. The van der Waals surface area contributed by atoms with Crippen LogP contribution in [0.15, 0.2) is 22.3 Å². The van der Waals surface area contributed by atoms with E-state index in [0.717, 1.165) is 11.5 Å². The summed E-state index contributed by atoms with van der Waals surface area (Å²) >= 11 is 5.89. The Morgan fingerprint density at radius 3 is 2.20 bits per heavy atom. The zero-order valence-electron chi connectivity index (χ0n) is 7.16. The van der Waals surface area contributed by atoms with Crippen LogP contribution in [-0.4, -0.2) is 0 Å². The molecule has 0 fully saturated rings. The fraction of sp³-hybridized carbons (Fsp3) is 0.556. The largest absolute Gasteiger partial charge is 0.0844 e. The molecule has 0 spiro atoms. The Balaban J connectivity index is 4.46. The van der Waals surface area contributed by atoms with Gasteiger partial charge < -0.3 is 0 Å². The third kappa shape index (κ3) is 2.57. The normalized spacial score (nSPS) is 15.1. The van der Waals surface area contributed by atoms with Crippen LogP contribution in [0.2, 0.25) is 0 Å². The lowest BCUT2D eigenvalue weighted by Gasteiger charge is -2.02. The molecule has 0 unspecified atom stereocenters. The Morgan fingerprint density at radius 1 is 1.40 bits per heavy atom. The molecule has 0 aliphatic carbocycles. The van der Waals surface area contributed by atoms with Gasteiger partial charge in [-0.25, -0.2) is 0 Å². The monoisotopic (exact) mass is 158 g/mol. The Kier molecular flexibility index (Phi) is 4.46. The maximum Gasteiger partial charge on any atom is 0.0391 e. The van der Waals surface area contributed by atoms with Gasteiger partial charge in [0.2, 0.25) is 0 Å². The van der Waals surface area contributed by atoms with Crippen molar-refractivity contribution in [1.82, 2.24) is 0 Å². The van der Waals surface area contributed by atoms with E-state index in [2.05, 4.69) is 20.8 Å². The first-order chi connectivity index (χ1) is 4.63. The number of allylic oxidation sites excluding steroid dienone is 4. The second-order valence-electron chi connectivity index (χ2n) is 2.40. The lowest BCUT2D eigenvalue weighted by molar-refractivity contribution is 1.07. The molecule has 0 N–H and O–H groups in total. The van der Waals surface area contributed by atoms with Crippen molar-refractivity contribution in [2.45, 2.75) is 34.1 Å². The minimum absolute atomic E-state index is 0.874. The van der Waals surface area contributed by atoms with E-state index < -0.39 is 0 Å². The van der Waals surface area contributed by atoms with Crippen molar-refractivity contribution in [3.8, 4) is 0 Å². The van der Waals surface area contributed by atoms with E-state index in [1.54, 1.807) is 0 Å². The second-order valence-corrected chi connectivity index (χ2v) is 2.80. The molecule has 0 heterocycles. The highest BCUT2D eigenvalue weighted by Crippen LogP contribution is 2.19. The quantitative estimate of drug-likeness (QED) is 0.536. The average Bonchev–Trinajstić information content (AvgIpc) is 2.00. The summed E-state index contributed by atoms with van der Waals surface area (Å²) in [5.41, 5.74) is 2.58. The molecule has 0 aromatic rings. The van der Waals surface area contributed by atoms with Crippen LogP contribution >= 0.6 is 11.6 Å². The summed E-state index contributed by atoms with van der Waals surface area (Å²) in [5.74, 6) is 0. The molecule has 10 heavy (non-hydrogen) atoms. The number of halogens is 1. The van der Waals surface area contributed by atoms with Crippen molar-refractivity contribution in [2.24, 2.45) is 0 Å². The highest BCUT2D eigenvalue weighted by molar-refractivity contribution is 6.31. The van der Waals surface area contributed by atoms with Gasteiger partial charge in [0, 0.05) is 5.03 Å². The van der Waals surface area contributed by atoms with E-state index in [1.807, 2.05) is 13.0 Å². The molecule has 0 bridgehead atoms. The second kappa shape index (κ2) is 4.56. The first-order valence-corrected chi connectivity index (χ1v) is 3.99. The highest BCUT2D eigenvalue weighted by Gasteiger charge is 1.96. The average molecular weight is 159 g/mol. The van der Waals surface area contributed by atoms with Gasteiger partial charge in [-0.1, -0.05) is 30.2 Å². The number of hydrogen-bond donors (Lipinski definition) is 0. The summed E-state index contributed by atoms with van der Waals surface area (Å²) in [4.78, 5) is 0. The molecular formula is C9H15Cl. The summed E-state index contributed by atoms with van der Waals surface area (Å²) in [6, 6.07) is 0. The van der Waals surface area contributed by atoms with Crippen LogP contribution in [0.25, 0.3) is 0 Å². The molecule has 0 aromatic heterocycles. The minimum atomic E-state index is 0.874. The van der Waals surface area contributed by atoms with E-state index in [9.17, 15) is 0 Å². The van der Waals surface area contributed by atoms with Crippen molar-refractivity contribution in [3.05, 3.63) is 22.3 Å². The van der Waals surface area contributed by atoms with Crippen molar-refractivity contribution in [3.63, 3.8) is 0 Å². The topological polar surface area (TPSA) is 0 Å². The van der Waals surface area contributed by atoms with Crippen LogP contribution in [0, 0.1) is 0 Å². The molecule has 0 nitrogen and oxygen atoms in total. The molecule has 1 heteroatoms. The maximum atomic E-state index is 5.89. The lowest BCUT2D eigenvalue weighted by atomic mass is 10.1. The molecule has 58 valence electrons. The SMILES string of the molecule is C/C=C(Cl)\C(C)=C(/C)CC. The minimum Gasteiger partial charge on any atom is -0.0844 e. The van der Waals surface area contributed by atoms with E-state index in [4.69, 9.17) is 11.6 Å². The summed E-state index contributed by atoms with van der Waals surface area (Å²) in [6.45, 7) is 8.26. The fourth-order valence-electron chi connectivity index (χ4n) is 0.686. The standard InChI is InChI=1S/C9H15Cl/c1-5-7(3)8(4)9(10)6-2/h6H,5H2,1-4H3/b8-7+,9-6+.